The molecule has 1 N–H and O–H groups in total. The summed E-state index contributed by atoms with van der Waals surface area (Å²) in [6, 6.07) is 34.4. The van der Waals surface area contributed by atoms with Gasteiger partial charge in [0.15, 0.2) is 0 Å². The summed E-state index contributed by atoms with van der Waals surface area (Å²) in [6.45, 7) is 26.7. The summed E-state index contributed by atoms with van der Waals surface area (Å²) in [5, 5.41) is 2.71. The maximum atomic E-state index is 10.6. The van der Waals surface area contributed by atoms with Gasteiger partial charge in [-0.15, -0.1) is 6.42 Å². The van der Waals surface area contributed by atoms with Gasteiger partial charge in [0.1, 0.15) is 18.1 Å². The zero-order chi connectivity index (χ0) is 44.1. The molecule has 1 amide bonds. The van der Waals surface area contributed by atoms with Gasteiger partial charge in [-0.1, -0.05) is 98.6 Å². The lowest BCUT2D eigenvalue weighted by Gasteiger charge is -2.34. The SMILES string of the molecule is C#CCOc1ccc(C2(c3ccc(OCCCC)cc3)c3ccccc3-c3ccccc32)cc1.C=CC(=O)NC(C)(C)C.CC(C)(C)N1CC1.CC(C)(C)OS(C)(=O)=O. The smallest absolute Gasteiger partial charge is 0.264 e. The fraction of sp³-hybridized carbons (Fsp3) is 0.420. The number of carbonyl (C=O) groups excluding carboxylic acids is 1. The summed E-state index contributed by atoms with van der Waals surface area (Å²) in [5.74, 6) is 4.09. The summed E-state index contributed by atoms with van der Waals surface area (Å²) in [4.78, 5) is 13.0. The minimum absolute atomic E-state index is 0.123. The predicted molar refractivity (Wildman–Crippen MR) is 244 cm³/mol. The molecule has 0 bridgehead atoms. The van der Waals surface area contributed by atoms with Crippen LogP contribution in [0.2, 0.25) is 0 Å². The van der Waals surface area contributed by atoms with Crippen molar-refractivity contribution in [1.82, 2.24) is 10.2 Å². The van der Waals surface area contributed by atoms with Crippen LogP contribution in [0.4, 0.5) is 0 Å². The maximum Gasteiger partial charge on any atom is 0.264 e. The lowest BCUT2D eigenvalue weighted by molar-refractivity contribution is -0.117. The molecule has 0 spiro atoms. The van der Waals surface area contributed by atoms with E-state index in [-0.39, 0.29) is 18.1 Å². The number of hydrogen-bond donors (Lipinski definition) is 1. The Bertz CT molecular complexity index is 2070. The summed E-state index contributed by atoms with van der Waals surface area (Å²) >= 11 is 0. The molecule has 59 heavy (non-hydrogen) atoms. The number of amides is 1. The Balaban J connectivity index is 0.000000301. The Morgan fingerprint density at radius 2 is 1.25 bits per heavy atom. The van der Waals surface area contributed by atoms with Gasteiger partial charge >= 0.3 is 0 Å². The van der Waals surface area contributed by atoms with Crippen molar-refractivity contribution in [2.24, 2.45) is 0 Å². The minimum Gasteiger partial charge on any atom is -0.494 e. The number of hydrogen-bond acceptors (Lipinski definition) is 7. The molecule has 2 aliphatic rings. The molecule has 0 unspecified atom stereocenters. The van der Waals surface area contributed by atoms with E-state index in [1.165, 1.54) is 52.5 Å². The predicted octanol–water partition coefficient (Wildman–Crippen LogP) is 10.2. The number of benzene rings is 4. The molecular weight excluding hydrogens is 757 g/mol. The topological polar surface area (TPSA) is 93.9 Å². The number of unbranched alkanes of at least 4 members (excludes halogenated alkanes) is 1. The minimum atomic E-state index is -3.28. The molecule has 4 aromatic rings. The summed E-state index contributed by atoms with van der Waals surface area (Å²) < 4.78 is 37.1. The molecule has 1 heterocycles. The fourth-order valence-electron chi connectivity index (χ4n) is 6.68. The number of nitrogens with one attached hydrogen (secondary N) is 1. The zero-order valence-electron chi connectivity index (χ0n) is 37.1. The van der Waals surface area contributed by atoms with E-state index in [9.17, 15) is 13.2 Å². The van der Waals surface area contributed by atoms with E-state index in [0.717, 1.165) is 37.2 Å². The number of rotatable bonds is 10. The summed E-state index contributed by atoms with van der Waals surface area (Å²) in [6.07, 6.45) is 9.86. The Hall–Kier alpha value is -4.88. The number of fused-ring (bicyclic) bond motifs is 3. The highest BCUT2D eigenvalue weighted by Crippen LogP contribution is 2.56. The molecule has 0 aromatic heterocycles. The lowest BCUT2D eigenvalue weighted by Crippen LogP contribution is -2.39. The second-order valence-corrected chi connectivity index (χ2v) is 19.2. The third kappa shape index (κ3) is 15.0. The molecular formula is C50H66N2O6S. The second-order valence-electron chi connectivity index (χ2n) is 17.6. The average molecular weight is 823 g/mol. The van der Waals surface area contributed by atoms with E-state index < -0.39 is 21.1 Å². The third-order valence-electron chi connectivity index (χ3n) is 9.10. The van der Waals surface area contributed by atoms with Crippen LogP contribution in [-0.2, 0) is 24.5 Å². The molecule has 8 nitrogen and oxygen atoms in total. The molecule has 318 valence electrons. The van der Waals surface area contributed by atoms with E-state index in [0.29, 0.717) is 5.54 Å². The van der Waals surface area contributed by atoms with E-state index in [1.807, 2.05) is 32.9 Å². The Morgan fingerprint density at radius 1 is 0.797 bits per heavy atom. The number of terminal acetylenes is 1. The van der Waals surface area contributed by atoms with Crippen molar-refractivity contribution in [3.63, 3.8) is 0 Å². The van der Waals surface area contributed by atoms with E-state index in [2.05, 4.69) is 140 Å². The largest absolute Gasteiger partial charge is 0.494 e. The van der Waals surface area contributed by atoms with Crippen LogP contribution in [0.3, 0.4) is 0 Å². The molecule has 9 heteroatoms. The van der Waals surface area contributed by atoms with Gasteiger partial charge in [-0.05, 0) is 132 Å². The van der Waals surface area contributed by atoms with Crippen LogP contribution in [0.15, 0.2) is 110 Å². The highest BCUT2D eigenvalue weighted by atomic mass is 32.2. The normalized spacial score (nSPS) is 13.9. The van der Waals surface area contributed by atoms with Crippen molar-refractivity contribution in [3.05, 3.63) is 132 Å². The number of ether oxygens (including phenoxy) is 2. The molecule has 6 rings (SSSR count). The molecule has 0 radical (unpaired) electrons. The van der Waals surface area contributed by atoms with Crippen molar-refractivity contribution >= 4 is 16.0 Å². The fourth-order valence-corrected chi connectivity index (χ4v) is 7.59. The summed E-state index contributed by atoms with van der Waals surface area (Å²) in [7, 11) is -3.28. The molecule has 1 fully saturated rings. The van der Waals surface area contributed by atoms with E-state index >= 15 is 0 Å². The lowest BCUT2D eigenvalue weighted by atomic mass is 9.68. The highest BCUT2D eigenvalue weighted by Gasteiger charge is 2.45. The van der Waals surface area contributed by atoms with Gasteiger partial charge in [-0.2, -0.15) is 8.42 Å². The average Bonchev–Trinajstić information content (AvgIpc) is 3.98. The highest BCUT2D eigenvalue weighted by molar-refractivity contribution is 7.86. The van der Waals surface area contributed by atoms with Crippen molar-refractivity contribution in [1.29, 1.82) is 0 Å². The van der Waals surface area contributed by atoms with Gasteiger partial charge in [0.25, 0.3) is 10.1 Å². The molecule has 1 aliphatic heterocycles. The first-order valence-corrected chi connectivity index (χ1v) is 22.1. The first-order valence-electron chi connectivity index (χ1n) is 20.3. The Kier molecular flexibility index (Phi) is 17.2. The van der Waals surface area contributed by atoms with Crippen LogP contribution in [-0.4, -0.2) is 68.5 Å². The molecule has 1 saturated heterocycles. The van der Waals surface area contributed by atoms with Crippen LogP contribution in [0.1, 0.15) is 104 Å². The monoisotopic (exact) mass is 822 g/mol. The van der Waals surface area contributed by atoms with Crippen molar-refractivity contribution < 1.29 is 26.9 Å². The van der Waals surface area contributed by atoms with Gasteiger partial charge in [-0.25, -0.2) is 0 Å². The van der Waals surface area contributed by atoms with Crippen LogP contribution >= 0.6 is 0 Å². The number of nitrogens with zero attached hydrogens (tertiary/aromatic N) is 1. The van der Waals surface area contributed by atoms with Crippen LogP contribution in [0.5, 0.6) is 11.5 Å². The Morgan fingerprint density at radius 3 is 1.56 bits per heavy atom. The number of carbonyl (C=O) groups is 1. The molecule has 4 aromatic carbocycles. The molecule has 0 saturated carbocycles. The van der Waals surface area contributed by atoms with Crippen LogP contribution in [0, 0.1) is 12.3 Å². The standard InChI is InChI=1S/C32H28O2.C7H13NO.C6H13N.C5H12O3S/c1-3-5-23-34-27-20-16-25(17-21-27)32(24-14-18-26(19-15-24)33-22-4-2)30-12-8-6-10-28(30)29-11-7-9-13-31(29)32;1-5-6(9)8-7(2,3)4;1-6(2,3)7-4-5-7;1-5(2,3)8-9(4,6)7/h2,6-21H,3,5,22-23H2,1H3;5H,1H2,2-4H3,(H,8,9);4-5H2,1-3H3;1-4H3. The summed E-state index contributed by atoms with van der Waals surface area (Å²) in [5.41, 5.74) is 6.78. The maximum absolute atomic E-state index is 10.6. The van der Waals surface area contributed by atoms with E-state index in [4.69, 9.17) is 15.9 Å². The van der Waals surface area contributed by atoms with Gasteiger partial charge in [0.05, 0.1) is 23.9 Å². The quantitative estimate of drug-likeness (QED) is 0.0493. The Labute approximate surface area is 355 Å². The van der Waals surface area contributed by atoms with Crippen molar-refractivity contribution in [3.8, 4) is 35.0 Å². The van der Waals surface area contributed by atoms with Gasteiger partial charge in [0, 0.05) is 24.2 Å². The second kappa shape index (κ2) is 20.9. The zero-order valence-corrected chi connectivity index (χ0v) is 38.0. The van der Waals surface area contributed by atoms with Crippen molar-refractivity contribution in [2.45, 2.75) is 104 Å². The molecule has 1 aliphatic carbocycles. The first kappa shape index (κ1) is 48.5. The van der Waals surface area contributed by atoms with E-state index in [1.54, 1.807) is 20.8 Å². The van der Waals surface area contributed by atoms with Crippen LogP contribution in [0.25, 0.3) is 11.1 Å². The van der Waals surface area contributed by atoms with Gasteiger partial charge in [-0.3, -0.25) is 13.9 Å². The molecule has 0 atom stereocenters. The third-order valence-corrected chi connectivity index (χ3v) is 9.90. The first-order chi connectivity index (χ1) is 27.6. The van der Waals surface area contributed by atoms with Crippen molar-refractivity contribution in [2.75, 3.05) is 32.6 Å². The van der Waals surface area contributed by atoms with Gasteiger partial charge < -0.3 is 14.8 Å². The van der Waals surface area contributed by atoms with Gasteiger partial charge in [0.2, 0.25) is 5.91 Å². The van der Waals surface area contributed by atoms with Crippen LogP contribution < -0.4 is 14.8 Å².